The fourth-order valence-electron chi connectivity index (χ4n) is 1.97. The summed E-state index contributed by atoms with van der Waals surface area (Å²) in [6, 6.07) is 9.49. The number of nitrogens with zero attached hydrogens (tertiary/aromatic N) is 1. The summed E-state index contributed by atoms with van der Waals surface area (Å²) in [6.45, 7) is 2.22. The van der Waals surface area contributed by atoms with Crippen molar-refractivity contribution in [2.45, 2.75) is 13.3 Å². The van der Waals surface area contributed by atoms with Crippen molar-refractivity contribution in [3.05, 3.63) is 36.5 Å². The molecule has 2 rings (SSSR count). The molecule has 0 aliphatic heterocycles. The number of ether oxygens (including phenoxy) is 1. The maximum absolute atomic E-state index is 11.1. The molecule has 1 heterocycles. The second-order valence-electron chi connectivity index (χ2n) is 4.62. The van der Waals surface area contributed by atoms with Crippen molar-refractivity contribution in [1.29, 1.82) is 0 Å². The van der Waals surface area contributed by atoms with Crippen molar-refractivity contribution in [3.8, 4) is 5.75 Å². The van der Waals surface area contributed by atoms with E-state index in [1.165, 1.54) is 0 Å². The van der Waals surface area contributed by atoms with Crippen LogP contribution in [0, 0.1) is 5.92 Å². The number of pyridine rings is 1. The van der Waals surface area contributed by atoms with Crippen molar-refractivity contribution >= 4 is 30.6 Å². The maximum atomic E-state index is 11.1. The van der Waals surface area contributed by atoms with E-state index in [4.69, 9.17) is 15.4 Å². The Morgan fingerprint density at radius 2 is 2.05 bits per heavy atom. The summed E-state index contributed by atoms with van der Waals surface area (Å²) < 4.78 is 28.0. The molecule has 0 saturated carbocycles. The Kier molecular flexibility index (Phi) is 4.83. The van der Waals surface area contributed by atoms with E-state index in [1.54, 1.807) is 6.20 Å². The van der Waals surface area contributed by atoms with Gasteiger partial charge in [0.2, 0.25) is 9.05 Å². The van der Waals surface area contributed by atoms with Crippen LogP contribution in [0.1, 0.15) is 13.3 Å². The van der Waals surface area contributed by atoms with E-state index < -0.39 is 9.05 Å². The number of halogens is 1. The van der Waals surface area contributed by atoms with E-state index in [0.717, 1.165) is 10.9 Å². The van der Waals surface area contributed by atoms with Gasteiger partial charge in [-0.1, -0.05) is 25.1 Å². The SMILES string of the molecule is CCC(COc1cccc2cccnc12)CS(=O)(=O)Cl. The molecular weight excluding hydrogens is 298 g/mol. The molecule has 0 saturated heterocycles. The van der Waals surface area contributed by atoms with Gasteiger partial charge in [0.15, 0.2) is 0 Å². The average molecular weight is 314 g/mol. The van der Waals surface area contributed by atoms with Crippen LogP contribution in [0.5, 0.6) is 5.75 Å². The van der Waals surface area contributed by atoms with Crippen molar-refractivity contribution in [2.24, 2.45) is 5.92 Å². The van der Waals surface area contributed by atoms with Gasteiger partial charge in [-0.2, -0.15) is 0 Å². The summed E-state index contributed by atoms with van der Waals surface area (Å²) in [4.78, 5) is 4.29. The second-order valence-corrected chi connectivity index (χ2v) is 7.44. The van der Waals surface area contributed by atoms with E-state index in [1.807, 2.05) is 37.3 Å². The lowest BCUT2D eigenvalue weighted by atomic mass is 10.1. The molecule has 0 aliphatic carbocycles. The zero-order chi connectivity index (χ0) is 14.6. The van der Waals surface area contributed by atoms with Gasteiger partial charge in [0.05, 0.1) is 12.4 Å². The third-order valence-electron chi connectivity index (χ3n) is 3.08. The number of hydrogen-bond donors (Lipinski definition) is 0. The highest BCUT2D eigenvalue weighted by molar-refractivity contribution is 8.13. The van der Waals surface area contributed by atoms with Gasteiger partial charge in [0.25, 0.3) is 0 Å². The summed E-state index contributed by atoms with van der Waals surface area (Å²) in [5.41, 5.74) is 0.776. The number of hydrogen-bond acceptors (Lipinski definition) is 4. The monoisotopic (exact) mass is 313 g/mol. The minimum Gasteiger partial charge on any atom is -0.491 e. The summed E-state index contributed by atoms with van der Waals surface area (Å²) in [5, 5.41) is 0.989. The summed E-state index contributed by atoms with van der Waals surface area (Å²) in [5.74, 6) is 0.452. The zero-order valence-electron chi connectivity index (χ0n) is 11.1. The molecule has 1 aromatic carbocycles. The molecule has 1 atom stereocenters. The van der Waals surface area contributed by atoms with Gasteiger partial charge in [-0.15, -0.1) is 0 Å². The molecule has 0 fully saturated rings. The van der Waals surface area contributed by atoms with Crippen molar-refractivity contribution in [1.82, 2.24) is 4.98 Å². The summed E-state index contributed by atoms with van der Waals surface area (Å²) in [7, 11) is 1.78. The first-order valence-electron chi connectivity index (χ1n) is 6.38. The largest absolute Gasteiger partial charge is 0.491 e. The van der Waals surface area contributed by atoms with Crippen LogP contribution < -0.4 is 4.74 Å². The summed E-state index contributed by atoms with van der Waals surface area (Å²) >= 11 is 0. The molecule has 4 nitrogen and oxygen atoms in total. The smallest absolute Gasteiger partial charge is 0.232 e. The van der Waals surface area contributed by atoms with Crippen molar-refractivity contribution < 1.29 is 13.2 Å². The molecule has 0 N–H and O–H groups in total. The fourth-order valence-corrected chi connectivity index (χ4v) is 3.40. The minimum atomic E-state index is -3.51. The first-order chi connectivity index (χ1) is 9.49. The van der Waals surface area contributed by atoms with Crippen LogP contribution in [-0.2, 0) is 9.05 Å². The second kappa shape index (κ2) is 6.41. The van der Waals surface area contributed by atoms with Crippen LogP contribution in [-0.4, -0.2) is 25.8 Å². The highest BCUT2D eigenvalue weighted by Crippen LogP contribution is 2.24. The van der Waals surface area contributed by atoms with Crippen molar-refractivity contribution in [2.75, 3.05) is 12.4 Å². The average Bonchev–Trinajstić information content (AvgIpc) is 2.42. The molecule has 1 unspecified atom stereocenters. The van der Waals surface area contributed by atoms with E-state index in [2.05, 4.69) is 4.98 Å². The zero-order valence-corrected chi connectivity index (χ0v) is 12.7. The number of para-hydroxylation sites is 1. The molecule has 0 amide bonds. The van der Waals surface area contributed by atoms with Gasteiger partial charge in [0, 0.05) is 28.2 Å². The van der Waals surface area contributed by atoms with Crippen LogP contribution in [0.4, 0.5) is 0 Å². The van der Waals surface area contributed by atoms with Crippen LogP contribution in [0.15, 0.2) is 36.5 Å². The van der Waals surface area contributed by atoms with Gasteiger partial charge in [-0.25, -0.2) is 8.42 Å². The van der Waals surface area contributed by atoms with Gasteiger partial charge < -0.3 is 4.74 Å². The fraction of sp³-hybridized carbons (Fsp3) is 0.357. The third kappa shape index (κ3) is 4.08. The Morgan fingerprint density at radius 1 is 1.30 bits per heavy atom. The molecule has 108 valence electrons. The van der Waals surface area contributed by atoms with Crippen LogP contribution in [0.3, 0.4) is 0 Å². The molecule has 2 aromatic rings. The third-order valence-corrected chi connectivity index (χ3v) is 4.33. The molecule has 0 bridgehead atoms. The molecule has 0 aliphatic rings. The highest BCUT2D eigenvalue weighted by Gasteiger charge is 2.16. The first-order valence-corrected chi connectivity index (χ1v) is 8.86. The first kappa shape index (κ1) is 15.1. The molecule has 20 heavy (non-hydrogen) atoms. The van der Waals surface area contributed by atoms with Gasteiger partial charge in [0.1, 0.15) is 11.3 Å². The Labute approximate surface area is 123 Å². The Hall–Kier alpha value is -1.33. The number of rotatable bonds is 6. The van der Waals surface area contributed by atoms with Gasteiger partial charge in [-0.3, -0.25) is 4.98 Å². The Bertz CT molecular complexity index is 682. The predicted molar refractivity (Wildman–Crippen MR) is 80.7 cm³/mol. The van der Waals surface area contributed by atoms with E-state index in [9.17, 15) is 8.42 Å². The van der Waals surface area contributed by atoms with E-state index in [-0.39, 0.29) is 11.7 Å². The number of fused-ring (bicyclic) bond motifs is 1. The lowest BCUT2D eigenvalue weighted by Crippen LogP contribution is -2.19. The molecule has 0 radical (unpaired) electrons. The number of aromatic nitrogens is 1. The maximum Gasteiger partial charge on any atom is 0.232 e. The van der Waals surface area contributed by atoms with E-state index >= 15 is 0 Å². The van der Waals surface area contributed by atoms with Gasteiger partial charge >= 0.3 is 0 Å². The molecule has 6 heteroatoms. The minimum absolute atomic E-state index is 0.0801. The molecule has 1 aromatic heterocycles. The number of benzene rings is 1. The molecule has 0 spiro atoms. The van der Waals surface area contributed by atoms with Crippen LogP contribution in [0.25, 0.3) is 10.9 Å². The lowest BCUT2D eigenvalue weighted by Gasteiger charge is -2.15. The molecular formula is C14H16ClNO3S. The lowest BCUT2D eigenvalue weighted by molar-refractivity contribution is 0.260. The van der Waals surface area contributed by atoms with E-state index in [0.29, 0.717) is 18.8 Å². The van der Waals surface area contributed by atoms with Crippen molar-refractivity contribution in [3.63, 3.8) is 0 Å². The van der Waals surface area contributed by atoms with Crippen LogP contribution >= 0.6 is 10.7 Å². The topological polar surface area (TPSA) is 56.3 Å². The predicted octanol–water partition coefficient (Wildman–Crippen LogP) is 3.21. The van der Waals surface area contributed by atoms with Gasteiger partial charge in [-0.05, 0) is 18.6 Å². The summed E-state index contributed by atoms with van der Waals surface area (Å²) in [6.07, 6.45) is 2.39. The standard InChI is InChI=1S/C14H16ClNO3S/c1-2-11(10-20(15,17)18)9-19-13-7-3-5-12-6-4-8-16-14(12)13/h3-8,11H,2,9-10H2,1H3. The highest BCUT2D eigenvalue weighted by atomic mass is 35.7. The Morgan fingerprint density at radius 3 is 2.75 bits per heavy atom. The quantitative estimate of drug-likeness (QED) is 0.768. The normalized spacial score (nSPS) is 13.3. The van der Waals surface area contributed by atoms with Crippen LogP contribution in [0.2, 0.25) is 0 Å². The Balaban J connectivity index is 2.12.